The second kappa shape index (κ2) is 10.5. The number of nitrogens with zero attached hydrogens (tertiary/aromatic N) is 1. The fourth-order valence-corrected chi connectivity index (χ4v) is 1.65. The van der Waals surface area contributed by atoms with Gasteiger partial charge in [-0.15, -0.1) is 0 Å². The minimum atomic E-state index is -1.23. The number of hydrogen-bond donors (Lipinski definition) is 5. The largest absolute Gasteiger partial charge is 0.480 e. The third kappa shape index (κ3) is 10.6. The molecule has 0 aromatic heterocycles. The standard InChI is InChI=1S/C12H21N3O7/c13-8(12(21)22)3-1-2-4-14-9(16)5-15(6-10(17)18)7-11(19)20/h8H,1-7,13H2,(H,14,16)(H,17,18)(H,19,20)(H,21,22)/t8-/m0/s1. The number of rotatable bonds is 12. The number of carbonyl (C=O) groups excluding carboxylic acids is 1. The van der Waals surface area contributed by atoms with Gasteiger partial charge in [0.05, 0.1) is 19.6 Å². The van der Waals surface area contributed by atoms with E-state index in [-0.39, 0.29) is 19.5 Å². The monoisotopic (exact) mass is 319 g/mol. The number of nitrogens with two attached hydrogens (primary N) is 1. The lowest BCUT2D eigenvalue weighted by Crippen LogP contribution is -2.42. The molecule has 0 saturated carbocycles. The first-order valence-corrected chi connectivity index (χ1v) is 6.63. The molecule has 0 bridgehead atoms. The highest BCUT2D eigenvalue weighted by Crippen LogP contribution is 1.98. The quantitative estimate of drug-likeness (QED) is 0.259. The van der Waals surface area contributed by atoms with Crippen LogP contribution in [0.5, 0.6) is 0 Å². The van der Waals surface area contributed by atoms with Crippen molar-refractivity contribution >= 4 is 23.8 Å². The average Bonchev–Trinajstić information content (AvgIpc) is 2.35. The van der Waals surface area contributed by atoms with Crippen LogP contribution in [0.25, 0.3) is 0 Å². The first-order valence-electron chi connectivity index (χ1n) is 6.63. The molecule has 0 aliphatic heterocycles. The molecule has 22 heavy (non-hydrogen) atoms. The van der Waals surface area contributed by atoms with Gasteiger partial charge in [-0.05, 0) is 19.3 Å². The maximum Gasteiger partial charge on any atom is 0.320 e. The van der Waals surface area contributed by atoms with Gasteiger partial charge in [0.2, 0.25) is 5.91 Å². The van der Waals surface area contributed by atoms with Gasteiger partial charge in [-0.25, -0.2) is 0 Å². The lowest BCUT2D eigenvalue weighted by atomic mass is 10.1. The summed E-state index contributed by atoms with van der Waals surface area (Å²) in [5.74, 6) is -4.03. The average molecular weight is 319 g/mol. The van der Waals surface area contributed by atoms with Gasteiger partial charge < -0.3 is 26.4 Å². The Morgan fingerprint density at radius 3 is 1.95 bits per heavy atom. The Balaban J connectivity index is 3.96. The lowest BCUT2D eigenvalue weighted by Gasteiger charge is -2.17. The van der Waals surface area contributed by atoms with Gasteiger partial charge >= 0.3 is 17.9 Å². The van der Waals surface area contributed by atoms with E-state index in [2.05, 4.69) is 5.32 Å². The van der Waals surface area contributed by atoms with E-state index in [1.54, 1.807) is 0 Å². The SMILES string of the molecule is N[C@@H](CCCCNC(=O)CN(CC(=O)O)CC(=O)O)C(=O)O. The first-order chi connectivity index (χ1) is 10.2. The zero-order valence-electron chi connectivity index (χ0n) is 12.0. The molecule has 0 rings (SSSR count). The summed E-state index contributed by atoms with van der Waals surface area (Å²) < 4.78 is 0. The topological polar surface area (TPSA) is 170 Å². The van der Waals surface area contributed by atoms with Gasteiger partial charge in [0.15, 0.2) is 0 Å². The van der Waals surface area contributed by atoms with Gasteiger partial charge in [-0.1, -0.05) is 0 Å². The van der Waals surface area contributed by atoms with E-state index < -0.39 is 42.9 Å². The molecule has 126 valence electrons. The maximum absolute atomic E-state index is 11.6. The van der Waals surface area contributed by atoms with Gasteiger partial charge in [0, 0.05) is 6.54 Å². The fourth-order valence-electron chi connectivity index (χ4n) is 1.65. The summed E-state index contributed by atoms with van der Waals surface area (Å²) in [6, 6.07) is -0.933. The highest BCUT2D eigenvalue weighted by molar-refractivity contribution is 5.80. The van der Waals surface area contributed by atoms with Crippen LogP contribution in [-0.4, -0.2) is 76.3 Å². The zero-order valence-corrected chi connectivity index (χ0v) is 12.0. The molecule has 0 saturated heterocycles. The predicted octanol–water partition coefficient (Wildman–Crippen LogP) is -1.84. The van der Waals surface area contributed by atoms with Crippen molar-refractivity contribution in [2.75, 3.05) is 26.2 Å². The van der Waals surface area contributed by atoms with Gasteiger partial charge in [0.25, 0.3) is 0 Å². The second-order valence-corrected chi connectivity index (χ2v) is 4.72. The van der Waals surface area contributed by atoms with Crippen LogP contribution in [-0.2, 0) is 19.2 Å². The molecule has 6 N–H and O–H groups in total. The minimum Gasteiger partial charge on any atom is -0.480 e. The molecule has 0 heterocycles. The Morgan fingerprint density at radius 1 is 0.955 bits per heavy atom. The third-order valence-electron chi connectivity index (χ3n) is 2.67. The lowest BCUT2D eigenvalue weighted by molar-refractivity contribution is -0.142. The molecule has 0 aliphatic carbocycles. The van der Waals surface area contributed by atoms with Crippen molar-refractivity contribution < 1.29 is 34.5 Å². The molecule has 0 aromatic carbocycles. The number of hydrogen-bond acceptors (Lipinski definition) is 6. The molecule has 0 aromatic rings. The molecule has 1 atom stereocenters. The molecule has 0 radical (unpaired) electrons. The van der Waals surface area contributed by atoms with Crippen molar-refractivity contribution in [3.63, 3.8) is 0 Å². The summed E-state index contributed by atoms with van der Waals surface area (Å²) in [7, 11) is 0. The number of carbonyl (C=O) groups is 4. The van der Waals surface area contributed by atoms with Crippen molar-refractivity contribution in [2.24, 2.45) is 5.73 Å². The maximum atomic E-state index is 11.6. The van der Waals surface area contributed by atoms with E-state index in [1.165, 1.54) is 0 Å². The molecule has 0 spiro atoms. The van der Waals surface area contributed by atoms with Crippen molar-refractivity contribution in [2.45, 2.75) is 25.3 Å². The summed E-state index contributed by atoms with van der Waals surface area (Å²) in [5.41, 5.74) is 5.31. The number of aliphatic carboxylic acids is 3. The third-order valence-corrected chi connectivity index (χ3v) is 2.67. The van der Waals surface area contributed by atoms with Crippen LogP contribution in [0.3, 0.4) is 0 Å². The molecule has 10 nitrogen and oxygen atoms in total. The Bertz CT molecular complexity index is 398. The predicted molar refractivity (Wildman–Crippen MR) is 74.2 cm³/mol. The molecular weight excluding hydrogens is 298 g/mol. The van der Waals surface area contributed by atoms with Crippen molar-refractivity contribution in [1.82, 2.24) is 10.2 Å². The Labute approximate surface area is 126 Å². The fraction of sp³-hybridized carbons (Fsp3) is 0.667. The van der Waals surface area contributed by atoms with Gasteiger partial charge in [-0.3, -0.25) is 24.1 Å². The summed E-state index contributed by atoms with van der Waals surface area (Å²) in [6.45, 7) is -1.16. The van der Waals surface area contributed by atoms with E-state index in [4.69, 9.17) is 21.1 Å². The molecule has 1 amide bonds. The Hall–Kier alpha value is -2.20. The molecule has 0 fully saturated rings. The van der Waals surface area contributed by atoms with Crippen LogP contribution in [0.15, 0.2) is 0 Å². The number of unbranched alkanes of at least 4 members (excludes halogenated alkanes) is 1. The van der Waals surface area contributed by atoms with Crippen LogP contribution in [0.4, 0.5) is 0 Å². The molecule has 0 unspecified atom stereocenters. The van der Waals surface area contributed by atoms with Crippen LogP contribution in [0.2, 0.25) is 0 Å². The first kappa shape index (κ1) is 19.8. The van der Waals surface area contributed by atoms with Crippen LogP contribution < -0.4 is 11.1 Å². The Kier molecular flexibility index (Phi) is 9.46. The van der Waals surface area contributed by atoms with Crippen molar-refractivity contribution in [3.8, 4) is 0 Å². The molecular formula is C12H21N3O7. The van der Waals surface area contributed by atoms with E-state index in [9.17, 15) is 19.2 Å². The summed E-state index contributed by atoms with van der Waals surface area (Å²) >= 11 is 0. The van der Waals surface area contributed by atoms with Crippen LogP contribution in [0, 0.1) is 0 Å². The van der Waals surface area contributed by atoms with Gasteiger partial charge in [-0.2, -0.15) is 0 Å². The van der Waals surface area contributed by atoms with E-state index >= 15 is 0 Å². The second-order valence-electron chi connectivity index (χ2n) is 4.72. The smallest absolute Gasteiger partial charge is 0.320 e. The van der Waals surface area contributed by atoms with Gasteiger partial charge in [0.1, 0.15) is 6.04 Å². The van der Waals surface area contributed by atoms with E-state index in [1.807, 2.05) is 0 Å². The molecule has 0 aliphatic rings. The summed E-state index contributed by atoms with van der Waals surface area (Å²) in [6.07, 6.45) is 1.32. The Morgan fingerprint density at radius 2 is 1.50 bits per heavy atom. The molecule has 10 heteroatoms. The highest BCUT2D eigenvalue weighted by Gasteiger charge is 2.16. The summed E-state index contributed by atoms with van der Waals surface area (Å²) in [4.78, 5) is 44.2. The van der Waals surface area contributed by atoms with E-state index in [0.29, 0.717) is 12.8 Å². The summed E-state index contributed by atoms with van der Waals surface area (Å²) in [5, 5.41) is 28.3. The minimum absolute atomic E-state index is 0.277. The normalized spacial score (nSPS) is 11.9. The number of nitrogens with one attached hydrogen (secondary N) is 1. The number of amides is 1. The van der Waals surface area contributed by atoms with Crippen molar-refractivity contribution in [1.29, 1.82) is 0 Å². The van der Waals surface area contributed by atoms with Crippen LogP contribution in [0.1, 0.15) is 19.3 Å². The van der Waals surface area contributed by atoms with E-state index in [0.717, 1.165) is 4.90 Å². The highest BCUT2D eigenvalue weighted by atomic mass is 16.4. The zero-order chi connectivity index (χ0) is 17.1. The number of carboxylic acids is 3. The van der Waals surface area contributed by atoms with Crippen molar-refractivity contribution in [3.05, 3.63) is 0 Å². The van der Waals surface area contributed by atoms with Crippen LogP contribution >= 0.6 is 0 Å². The number of carboxylic acid groups (broad SMARTS) is 3.